The van der Waals surface area contributed by atoms with Gasteiger partial charge in [0.15, 0.2) is 3.92 Å². The molecule has 4 nitrogen and oxygen atoms in total. The molecular weight excluding hydrogens is 288 g/mol. The summed E-state index contributed by atoms with van der Waals surface area (Å²) in [6.45, 7) is 5.48. The zero-order chi connectivity index (χ0) is 12.1. The lowest BCUT2D eigenvalue weighted by Crippen LogP contribution is -2.33. The quantitative estimate of drug-likeness (QED) is 0.877. The maximum Gasteiger partial charge on any atom is 0.206 e. The van der Waals surface area contributed by atoms with Crippen molar-refractivity contribution in [1.82, 2.24) is 15.1 Å². The van der Waals surface area contributed by atoms with Crippen LogP contribution in [0, 0.1) is 5.92 Å². The van der Waals surface area contributed by atoms with Crippen LogP contribution in [0.5, 0.6) is 0 Å². The molecular formula is C10H19BrN4S. The molecule has 1 rings (SSSR count). The molecule has 0 spiro atoms. The summed E-state index contributed by atoms with van der Waals surface area (Å²) in [5, 5.41) is 12.3. The lowest BCUT2D eigenvalue weighted by atomic mass is 10.0. The van der Waals surface area contributed by atoms with Gasteiger partial charge in [-0.15, -0.1) is 10.2 Å². The van der Waals surface area contributed by atoms with E-state index >= 15 is 0 Å². The summed E-state index contributed by atoms with van der Waals surface area (Å²) in [5.74, 6) is 0.675. The van der Waals surface area contributed by atoms with Crippen LogP contribution in [0.3, 0.4) is 0 Å². The third-order valence-corrected chi connectivity index (χ3v) is 3.36. The Morgan fingerprint density at radius 3 is 2.50 bits per heavy atom. The molecule has 1 atom stereocenters. The highest BCUT2D eigenvalue weighted by Crippen LogP contribution is 2.22. The van der Waals surface area contributed by atoms with Gasteiger partial charge in [-0.25, -0.2) is 0 Å². The zero-order valence-corrected chi connectivity index (χ0v) is 12.6. The van der Waals surface area contributed by atoms with E-state index in [-0.39, 0.29) is 0 Å². The van der Waals surface area contributed by atoms with E-state index in [1.807, 2.05) is 0 Å². The van der Waals surface area contributed by atoms with Crippen molar-refractivity contribution in [2.75, 3.05) is 26.0 Å². The fourth-order valence-corrected chi connectivity index (χ4v) is 2.71. The molecule has 1 N–H and O–H groups in total. The number of nitrogens with zero attached hydrogens (tertiary/aromatic N) is 3. The molecule has 6 heteroatoms. The van der Waals surface area contributed by atoms with Gasteiger partial charge in [0.2, 0.25) is 5.13 Å². The second kappa shape index (κ2) is 6.51. The fraction of sp³-hybridized carbons (Fsp3) is 0.800. The molecule has 1 aromatic heterocycles. The summed E-state index contributed by atoms with van der Waals surface area (Å²) in [6, 6.07) is 0.426. The first-order valence-corrected chi connectivity index (χ1v) is 6.98. The average Bonchev–Trinajstić information content (AvgIpc) is 2.48. The van der Waals surface area contributed by atoms with Crippen LogP contribution in [0.2, 0.25) is 0 Å². The van der Waals surface area contributed by atoms with Gasteiger partial charge in [0.05, 0.1) is 0 Å². The van der Waals surface area contributed by atoms with E-state index in [0.29, 0.717) is 12.0 Å². The molecule has 0 saturated carbocycles. The normalized spacial score (nSPS) is 13.4. The number of likely N-dealkylation sites (N-methyl/N-ethyl adjacent to an activating group) is 1. The Balaban J connectivity index is 2.55. The predicted octanol–water partition coefficient (Wildman–Crippen LogP) is 2.69. The van der Waals surface area contributed by atoms with Gasteiger partial charge in [0.25, 0.3) is 0 Å². The van der Waals surface area contributed by atoms with Crippen molar-refractivity contribution < 1.29 is 0 Å². The molecule has 0 bridgehead atoms. The van der Waals surface area contributed by atoms with E-state index in [0.717, 1.165) is 22.0 Å². The van der Waals surface area contributed by atoms with E-state index in [1.165, 1.54) is 11.3 Å². The predicted molar refractivity (Wildman–Crippen MR) is 73.0 cm³/mol. The third kappa shape index (κ3) is 5.23. The summed E-state index contributed by atoms with van der Waals surface area (Å²) in [7, 11) is 4.18. The number of rotatable bonds is 6. The van der Waals surface area contributed by atoms with Gasteiger partial charge < -0.3 is 10.2 Å². The first kappa shape index (κ1) is 13.9. The Bertz CT molecular complexity index is 304. The van der Waals surface area contributed by atoms with E-state index in [9.17, 15) is 0 Å². The van der Waals surface area contributed by atoms with Crippen LogP contribution in [0.1, 0.15) is 20.3 Å². The highest BCUT2D eigenvalue weighted by molar-refractivity contribution is 9.11. The van der Waals surface area contributed by atoms with Crippen molar-refractivity contribution in [3.05, 3.63) is 3.92 Å². The largest absolute Gasteiger partial charge is 0.356 e. The summed E-state index contributed by atoms with van der Waals surface area (Å²) in [6.07, 6.45) is 1.13. The van der Waals surface area contributed by atoms with Gasteiger partial charge in [-0.3, -0.25) is 0 Å². The van der Waals surface area contributed by atoms with Gasteiger partial charge in [0.1, 0.15) is 0 Å². The molecule has 0 aliphatic rings. The van der Waals surface area contributed by atoms with Gasteiger partial charge in [-0.05, 0) is 42.4 Å². The van der Waals surface area contributed by atoms with Gasteiger partial charge >= 0.3 is 0 Å². The van der Waals surface area contributed by atoms with Crippen molar-refractivity contribution in [3.8, 4) is 0 Å². The van der Waals surface area contributed by atoms with Crippen LogP contribution in [-0.2, 0) is 0 Å². The topological polar surface area (TPSA) is 41.0 Å². The van der Waals surface area contributed by atoms with Crippen LogP contribution in [0.4, 0.5) is 5.13 Å². The maximum absolute atomic E-state index is 4.06. The molecule has 16 heavy (non-hydrogen) atoms. The maximum atomic E-state index is 4.06. The van der Waals surface area contributed by atoms with Gasteiger partial charge in [0, 0.05) is 12.6 Å². The average molecular weight is 307 g/mol. The summed E-state index contributed by atoms with van der Waals surface area (Å²) in [5.41, 5.74) is 0. The number of nitrogens with one attached hydrogen (secondary N) is 1. The van der Waals surface area contributed by atoms with Crippen molar-refractivity contribution >= 4 is 32.4 Å². The first-order valence-electron chi connectivity index (χ1n) is 5.37. The number of hydrogen-bond donors (Lipinski definition) is 1. The Morgan fingerprint density at radius 2 is 2.06 bits per heavy atom. The summed E-state index contributed by atoms with van der Waals surface area (Å²) < 4.78 is 0.822. The minimum atomic E-state index is 0.426. The van der Waals surface area contributed by atoms with Crippen LogP contribution >= 0.6 is 27.3 Å². The lowest BCUT2D eigenvalue weighted by molar-refractivity contribution is 0.356. The molecule has 0 saturated heterocycles. The van der Waals surface area contributed by atoms with Gasteiger partial charge in [-0.1, -0.05) is 25.2 Å². The third-order valence-electron chi connectivity index (χ3n) is 2.07. The van der Waals surface area contributed by atoms with E-state index in [1.54, 1.807) is 0 Å². The highest BCUT2D eigenvalue weighted by Gasteiger charge is 2.13. The van der Waals surface area contributed by atoms with Crippen molar-refractivity contribution in [2.24, 2.45) is 5.92 Å². The molecule has 1 heterocycles. The Kier molecular flexibility index (Phi) is 5.64. The second-order valence-corrected chi connectivity index (χ2v) is 6.85. The Hall–Kier alpha value is -0.200. The van der Waals surface area contributed by atoms with Crippen LogP contribution in [0.15, 0.2) is 3.92 Å². The molecule has 92 valence electrons. The first-order chi connectivity index (χ1) is 7.47. The highest BCUT2D eigenvalue weighted by atomic mass is 79.9. The molecule has 1 unspecified atom stereocenters. The number of anilines is 1. The van der Waals surface area contributed by atoms with Crippen molar-refractivity contribution in [3.63, 3.8) is 0 Å². The number of hydrogen-bond acceptors (Lipinski definition) is 5. The van der Waals surface area contributed by atoms with Crippen LogP contribution in [-0.4, -0.2) is 41.8 Å². The number of aromatic nitrogens is 2. The Morgan fingerprint density at radius 1 is 1.38 bits per heavy atom. The van der Waals surface area contributed by atoms with Crippen molar-refractivity contribution in [2.45, 2.75) is 26.3 Å². The van der Waals surface area contributed by atoms with E-state index in [4.69, 9.17) is 0 Å². The van der Waals surface area contributed by atoms with Crippen LogP contribution < -0.4 is 5.32 Å². The monoisotopic (exact) mass is 306 g/mol. The summed E-state index contributed by atoms with van der Waals surface area (Å²) in [4.78, 5) is 2.19. The zero-order valence-electron chi connectivity index (χ0n) is 10.2. The minimum absolute atomic E-state index is 0.426. The van der Waals surface area contributed by atoms with Crippen molar-refractivity contribution in [1.29, 1.82) is 0 Å². The SMILES string of the molecule is CC(C)CC(CN(C)C)Nc1nnc(Br)s1. The second-order valence-electron chi connectivity index (χ2n) is 4.59. The van der Waals surface area contributed by atoms with E-state index < -0.39 is 0 Å². The van der Waals surface area contributed by atoms with E-state index in [2.05, 4.69) is 64.3 Å². The van der Waals surface area contributed by atoms with Crippen LogP contribution in [0.25, 0.3) is 0 Å². The number of halogens is 1. The molecule has 1 aromatic rings. The molecule has 0 radical (unpaired) electrons. The molecule has 0 fully saturated rings. The fourth-order valence-electron chi connectivity index (χ4n) is 1.63. The molecule has 0 aromatic carbocycles. The molecule has 0 aliphatic carbocycles. The van der Waals surface area contributed by atoms with Gasteiger partial charge in [-0.2, -0.15) is 0 Å². The lowest BCUT2D eigenvalue weighted by Gasteiger charge is -2.23. The molecule has 0 aliphatic heterocycles. The standard InChI is InChI=1S/C10H19BrN4S/c1-7(2)5-8(6-15(3)4)12-10-14-13-9(11)16-10/h7-8H,5-6H2,1-4H3,(H,12,14). The minimum Gasteiger partial charge on any atom is -0.356 e. The Labute approximate surface area is 110 Å². The smallest absolute Gasteiger partial charge is 0.206 e. The molecule has 0 amide bonds. The summed E-state index contributed by atoms with van der Waals surface area (Å²) >= 11 is 4.85.